The average Bonchev–Trinajstić information content (AvgIpc) is 3.17. The molecular weight excluding hydrogens is 394 g/mol. The number of carbonyl (C=O) groups excluding carboxylic acids is 4. The number of fused-ring (bicyclic) bond motifs is 1. The maximum atomic E-state index is 12.1. The van der Waals surface area contributed by atoms with E-state index < -0.39 is 25.1 Å². The summed E-state index contributed by atoms with van der Waals surface area (Å²) < 4.78 is 20.6. The number of esters is 1. The summed E-state index contributed by atoms with van der Waals surface area (Å²) in [5, 5.41) is 2.52. The quantitative estimate of drug-likeness (QED) is 0.518. The highest BCUT2D eigenvalue weighted by molar-refractivity contribution is 6.05. The first kappa shape index (κ1) is 20.8. The van der Waals surface area contributed by atoms with E-state index in [0.717, 1.165) is 0 Å². The fraction of sp³-hybridized carbons (Fsp3) is 0.238. The van der Waals surface area contributed by atoms with Gasteiger partial charge in [-0.3, -0.25) is 14.4 Å². The Morgan fingerprint density at radius 2 is 1.70 bits per heavy atom. The molecule has 0 saturated carbocycles. The van der Waals surface area contributed by atoms with Crippen molar-refractivity contribution < 1.29 is 38.1 Å². The monoisotopic (exact) mass is 413 g/mol. The van der Waals surface area contributed by atoms with Crippen molar-refractivity contribution in [1.82, 2.24) is 0 Å². The maximum absolute atomic E-state index is 12.1. The van der Waals surface area contributed by atoms with Crippen LogP contribution < -0.4 is 19.5 Å². The molecule has 0 aliphatic carbocycles. The number of ether oxygens (including phenoxy) is 4. The van der Waals surface area contributed by atoms with Crippen molar-refractivity contribution >= 4 is 29.1 Å². The molecule has 3 rings (SSSR count). The third-order valence-corrected chi connectivity index (χ3v) is 4.13. The molecule has 1 aliphatic rings. The average molecular weight is 413 g/mol. The minimum Gasteiger partial charge on any atom is -0.482 e. The Labute approximate surface area is 171 Å². The van der Waals surface area contributed by atoms with Crippen LogP contribution in [0.3, 0.4) is 0 Å². The summed E-state index contributed by atoms with van der Waals surface area (Å²) in [4.78, 5) is 47.2. The summed E-state index contributed by atoms with van der Waals surface area (Å²) in [6, 6.07) is 9.31. The van der Waals surface area contributed by atoms with Crippen LogP contribution in [0.4, 0.5) is 5.69 Å². The third kappa shape index (κ3) is 5.13. The van der Waals surface area contributed by atoms with Crippen LogP contribution in [0.1, 0.15) is 34.6 Å². The fourth-order valence-electron chi connectivity index (χ4n) is 2.66. The van der Waals surface area contributed by atoms with Crippen LogP contribution in [-0.2, 0) is 14.3 Å². The summed E-state index contributed by atoms with van der Waals surface area (Å²) in [7, 11) is 0. The van der Waals surface area contributed by atoms with Gasteiger partial charge in [0.1, 0.15) is 5.75 Å². The zero-order chi connectivity index (χ0) is 21.7. The van der Waals surface area contributed by atoms with Crippen molar-refractivity contribution in [2.75, 3.05) is 25.3 Å². The van der Waals surface area contributed by atoms with Gasteiger partial charge in [-0.05, 0) is 32.0 Å². The maximum Gasteiger partial charge on any atom is 0.344 e. The zero-order valence-electron chi connectivity index (χ0n) is 16.4. The van der Waals surface area contributed by atoms with Gasteiger partial charge >= 0.3 is 5.97 Å². The van der Waals surface area contributed by atoms with Gasteiger partial charge in [-0.2, -0.15) is 0 Å². The van der Waals surface area contributed by atoms with E-state index in [-0.39, 0.29) is 29.6 Å². The molecule has 1 N–H and O–H groups in total. The van der Waals surface area contributed by atoms with E-state index in [4.69, 9.17) is 18.9 Å². The zero-order valence-corrected chi connectivity index (χ0v) is 16.4. The van der Waals surface area contributed by atoms with Crippen LogP contribution in [0.15, 0.2) is 36.4 Å². The molecule has 0 aromatic heterocycles. The normalized spacial score (nSPS) is 11.5. The number of rotatable bonds is 8. The number of anilines is 1. The molecule has 1 amide bonds. The van der Waals surface area contributed by atoms with Gasteiger partial charge in [0.25, 0.3) is 5.91 Å². The lowest BCUT2D eigenvalue weighted by Gasteiger charge is -2.11. The van der Waals surface area contributed by atoms with Crippen molar-refractivity contribution in [2.45, 2.75) is 13.8 Å². The Morgan fingerprint density at radius 3 is 2.40 bits per heavy atom. The Balaban J connectivity index is 1.52. The van der Waals surface area contributed by atoms with E-state index >= 15 is 0 Å². The molecule has 0 atom stereocenters. The number of benzene rings is 2. The smallest absolute Gasteiger partial charge is 0.344 e. The molecule has 1 heterocycles. The highest BCUT2D eigenvalue weighted by atomic mass is 16.7. The standard InChI is InChI=1S/C21H19NO8/c1-12(23)14-4-3-5-15(6-14)27-10-21(26)28-9-20(25)22-17-8-19-18(29-11-30-19)7-16(17)13(2)24/h3-8H,9-11H2,1-2H3,(H,22,25). The molecule has 9 nitrogen and oxygen atoms in total. The van der Waals surface area contributed by atoms with Gasteiger partial charge in [-0.15, -0.1) is 0 Å². The van der Waals surface area contributed by atoms with Crippen molar-refractivity contribution in [3.8, 4) is 17.2 Å². The molecule has 1 aliphatic heterocycles. The fourth-order valence-corrected chi connectivity index (χ4v) is 2.66. The molecule has 30 heavy (non-hydrogen) atoms. The van der Waals surface area contributed by atoms with Crippen LogP contribution in [-0.4, -0.2) is 43.4 Å². The van der Waals surface area contributed by atoms with Crippen molar-refractivity contribution in [3.05, 3.63) is 47.5 Å². The van der Waals surface area contributed by atoms with Gasteiger partial charge < -0.3 is 24.3 Å². The summed E-state index contributed by atoms with van der Waals surface area (Å²) in [6.07, 6.45) is 0. The van der Waals surface area contributed by atoms with Gasteiger partial charge in [0.05, 0.1) is 5.69 Å². The first-order valence-electron chi connectivity index (χ1n) is 8.97. The van der Waals surface area contributed by atoms with Crippen LogP contribution in [0.5, 0.6) is 17.2 Å². The summed E-state index contributed by atoms with van der Waals surface area (Å²) in [6.45, 7) is 1.80. The van der Waals surface area contributed by atoms with E-state index in [0.29, 0.717) is 22.8 Å². The molecule has 9 heteroatoms. The van der Waals surface area contributed by atoms with E-state index in [9.17, 15) is 19.2 Å². The molecular formula is C21H19NO8. The van der Waals surface area contributed by atoms with Crippen LogP contribution >= 0.6 is 0 Å². The molecule has 2 aromatic rings. The molecule has 0 unspecified atom stereocenters. The minimum absolute atomic E-state index is 0.0248. The number of hydrogen-bond donors (Lipinski definition) is 1. The lowest BCUT2D eigenvalue weighted by atomic mass is 10.1. The van der Waals surface area contributed by atoms with Crippen molar-refractivity contribution in [2.24, 2.45) is 0 Å². The Hall–Kier alpha value is -3.88. The molecule has 0 fully saturated rings. The Kier molecular flexibility index (Phi) is 6.31. The lowest BCUT2D eigenvalue weighted by molar-refractivity contribution is -0.149. The predicted molar refractivity (Wildman–Crippen MR) is 104 cm³/mol. The highest BCUT2D eigenvalue weighted by Crippen LogP contribution is 2.37. The van der Waals surface area contributed by atoms with Gasteiger partial charge in [-0.1, -0.05) is 12.1 Å². The molecule has 0 spiro atoms. The predicted octanol–water partition coefficient (Wildman–Crippen LogP) is 2.38. The van der Waals surface area contributed by atoms with Crippen LogP contribution in [0, 0.1) is 0 Å². The molecule has 0 saturated heterocycles. The van der Waals surface area contributed by atoms with Gasteiger partial charge in [0.2, 0.25) is 6.79 Å². The molecule has 0 bridgehead atoms. The number of carbonyl (C=O) groups is 4. The van der Waals surface area contributed by atoms with Gasteiger partial charge in [0.15, 0.2) is 36.3 Å². The second kappa shape index (κ2) is 9.08. The van der Waals surface area contributed by atoms with E-state index in [1.165, 1.54) is 32.0 Å². The second-order valence-corrected chi connectivity index (χ2v) is 6.39. The number of Topliss-reactive ketones (excluding diaryl/α,β-unsaturated/α-hetero) is 2. The van der Waals surface area contributed by atoms with Crippen molar-refractivity contribution in [1.29, 1.82) is 0 Å². The number of amides is 1. The first-order chi connectivity index (χ1) is 14.3. The second-order valence-electron chi connectivity index (χ2n) is 6.39. The molecule has 2 aromatic carbocycles. The molecule has 156 valence electrons. The van der Waals surface area contributed by atoms with Crippen LogP contribution in [0.2, 0.25) is 0 Å². The highest BCUT2D eigenvalue weighted by Gasteiger charge is 2.20. The first-order valence-corrected chi connectivity index (χ1v) is 8.97. The SMILES string of the molecule is CC(=O)c1cccc(OCC(=O)OCC(=O)Nc2cc3c(cc2C(C)=O)OCO3)c1. The van der Waals surface area contributed by atoms with E-state index in [1.807, 2.05) is 0 Å². The lowest BCUT2D eigenvalue weighted by Crippen LogP contribution is -2.24. The number of hydrogen-bond acceptors (Lipinski definition) is 8. The van der Waals surface area contributed by atoms with E-state index in [1.54, 1.807) is 18.2 Å². The summed E-state index contributed by atoms with van der Waals surface area (Å²) in [5.74, 6) is -0.672. The third-order valence-electron chi connectivity index (χ3n) is 4.13. The van der Waals surface area contributed by atoms with E-state index in [2.05, 4.69) is 5.32 Å². The Morgan fingerprint density at radius 1 is 0.967 bits per heavy atom. The van der Waals surface area contributed by atoms with Gasteiger partial charge in [-0.25, -0.2) is 4.79 Å². The van der Waals surface area contributed by atoms with Crippen LogP contribution in [0.25, 0.3) is 0 Å². The largest absolute Gasteiger partial charge is 0.482 e. The summed E-state index contributed by atoms with van der Waals surface area (Å²) >= 11 is 0. The summed E-state index contributed by atoms with van der Waals surface area (Å²) in [5.41, 5.74) is 0.919. The minimum atomic E-state index is -0.768. The molecule has 0 radical (unpaired) electrons. The number of nitrogens with one attached hydrogen (secondary N) is 1. The van der Waals surface area contributed by atoms with Gasteiger partial charge in [0, 0.05) is 17.2 Å². The van der Waals surface area contributed by atoms with Crippen molar-refractivity contribution in [3.63, 3.8) is 0 Å². The number of ketones is 2. The topological polar surface area (TPSA) is 117 Å². The Bertz CT molecular complexity index is 1010.